The third kappa shape index (κ3) is 2.61. The molecule has 0 saturated heterocycles. The maximum Gasteiger partial charge on any atom is 0.203 e. The summed E-state index contributed by atoms with van der Waals surface area (Å²) in [4.78, 5) is 0. The average molecular weight is 350 g/mol. The molecule has 4 rings (SSSR count). The fraction of sp³-hybridized carbons (Fsp3) is 0.238. The Morgan fingerprint density at radius 3 is 2.35 bits per heavy atom. The fourth-order valence-electron chi connectivity index (χ4n) is 3.62. The standard InChI is InChI=1S/C21H22N2O3/c1-24-18-11-15(12-19(25-2)21(18)26-3)20-17-9-6-10-23(17)16-8-5-4-7-14(16)13-22-20/h4-12,20,22H,13H2,1-3H3. The molecule has 0 radical (unpaired) electrons. The smallest absolute Gasteiger partial charge is 0.203 e. The maximum absolute atomic E-state index is 5.53. The summed E-state index contributed by atoms with van der Waals surface area (Å²) in [5.41, 5.74) is 4.70. The Hall–Kier alpha value is -2.92. The van der Waals surface area contributed by atoms with Gasteiger partial charge in [0.1, 0.15) is 0 Å². The predicted octanol–water partition coefficient (Wildman–Crippen LogP) is 3.70. The van der Waals surface area contributed by atoms with Crippen LogP contribution in [0.2, 0.25) is 0 Å². The van der Waals surface area contributed by atoms with Crippen LogP contribution in [0.5, 0.6) is 17.2 Å². The summed E-state index contributed by atoms with van der Waals surface area (Å²) in [5, 5.41) is 3.66. The zero-order chi connectivity index (χ0) is 18.1. The first-order valence-corrected chi connectivity index (χ1v) is 8.55. The number of benzene rings is 2. The van der Waals surface area contributed by atoms with Crippen molar-refractivity contribution in [1.29, 1.82) is 0 Å². The SMILES string of the molecule is COc1cc(C2NCc3ccccc3-n3cccc32)cc(OC)c1OC. The molecule has 2 heterocycles. The minimum atomic E-state index is 0.00565. The normalized spacial score (nSPS) is 15.6. The molecule has 1 N–H and O–H groups in total. The molecule has 0 fully saturated rings. The topological polar surface area (TPSA) is 44.7 Å². The van der Waals surface area contributed by atoms with Crippen LogP contribution in [0.4, 0.5) is 0 Å². The molecule has 5 heteroatoms. The Labute approximate surface area is 153 Å². The molecule has 0 aliphatic carbocycles. The number of hydrogen-bond acceptors (Lipinski definition) is 4. The highest BCUT2D eigenvalue weighted by Gasteiger charge is 2.25. The second-order valence-electron chi connectivity index (χ2n) is 6.20. The van der Waals surface area contributed by atoms with Gasteiger partial charge < -0.3 is 24.1 Å². The molecule has 0 spiro atoms. The molecule has 0 bridgehead atoms. The van der Waals surface area contributed by atoms with Crippen LogP contribution in [0.15, 0.2) is 54.7 Å². The van der Waals surface area contributed by atoms with Crippen LogP contribution in [0.3, 0.4) is 0 Å². The van der Waals surface area contributed by atoms with E-state index in [1.54, 1.807) is 21.3 Å². The molecule has 0 amide bonds. The molecule has 0 saturated carbocycles. The Balaban J connectivity index is 1.85. The van der Waals surface area contributed by atoms with Crippen molar-refractivity contribution in [2.24, 2.45) is 0 Å². The fourth-order valence-corrected chi connectivity index (χ4v) is 3.62. The van der Waals surface area contributed by atoms with Gasteiger partial charge in [0, 0.05) is 24.1 Å². The van der Waals surface area contributed by atoms with E-state index in [4.69, 9.17) is 14.2 Å². The van der Waals surface area contributed by atoms with E-state index < -0.39 is 0 Å². The van der Waals surface area contributed by atoms with E-state index in [1.807, 2.05) is 12.1 Å². The molecule has 1 atom stereocenters. The highest BCUT2D eigenvalue weighted by Crippen LogP contribution is 2.41. The molecule has 26 heavy (non-hydrogen) atoms. The summed E-state index contributed by atoms with van der Waals surface area (Å²) in [5.74, 6) is 1.91. The molecular formula is C21H22N2O3. The van der Waals surface area contributed by atoms with Crippen LogP contribution in [-0.4, -0.2) is 25.9 Å². The van der Waals surface area contributed by atoms with Gasteiger partial charge in [0.2, 0.25) is 5.75 Å². The van der Waals surface area contributed by atoms with Crippen molar-refractivity contribution < 1.29 is 14.2 Å². The van der Waals surface area contributed by atoms with Gasteiger partial charge in [-0.1, -0.05) is 18.2 Å². The van der Waals surface area contributed by atoms with Crippen molar-refractivity contribution in [3.8, 4) is 22.9 Å². The Morgan fingerprint density at radius 1 is 0.923 bits per heavy atom. The van der Waals surface area contributed by atoms with Gasteiger partial charge in [0.15, 0.2) is 11.5 Å². The molecule has 1 aliphatic rings. The molecule has 5 nitrogen and oxygen atoms in total. The minimum absolute atomic E-state index is 0.00565. The highest BCUT2D eigenvalue weighted by molar-refractivity contribution is 5.56. The minimum Gasteiger partial charge on any atom is -0.493 e. The van der Waals surface area contributed by atoms with Gasteiger partial charge in [-0.25, -0.2) is 0 Å². The summed E-state index contributed by atoms with van der Waals surface area (Å²) in [6.45, 7) is 0.777. The van der Waals surface area contributed by atoms with Gasteiger partial charge in [0.25, 0.3) is 0 Å². The second-order valence-corrected chi connectivity index (χ2v) is 6.20. The van der Waals surface area contributed by atoms with E-state index in [0.717, 1.165) is 12.1 Å². The largest absolute Gasteiger partial charge is 0.493 e. The number of ether oxygens (including phenoxy) is 3. The third-order valence-corrected chi connectivity index (χ3v) is 4.84. The lowest BCUT2D eigenvalue weighted by Gasteiger charge is -2.21. The van der Waals surface area contributed by atoms with Crippen molar-refractivity contribution in [3.05, 3.63) is 71.5 Å². The number of aromatic nitrogens is 1. The number of nitrogens with zero attached hydrogens (tertiary/aromatic N) is 1. The van der Waals surface area contributed by atoms with Crippen molar-refractivity contribution >= 4 is 0 Å². The van der Waals surface area contributed by atoms with E-state index in [2.05, 4.69) is 52.5 Å². The van der Waals surface area contributed by atoms with Crippen molar-refractivity contribution in [3.63, 3.8) is 0 Å². The first-order valence-electron chi connectivity index (χ1n) is 8.55. The van der Waals surface area contributed by atoms with Gasteiger partial charge in [0.05, 0.1) is 27.4 Å². The van der Waals surface area contributed by atoms with Crippen LogP contribution in [0.1, 0.15) is 22.9 Å². The van der Waals surface area contributed by atoms with E-state index in [1.165, 1.54) is 16.9 Å². The molecule has 2 aromatic carbocycles. The van der Waals surface area contributed by atoms with Crippen molar-refractivity contribution in [1.82, 2.24) is 9.88 Å². The quantitative estimate of drug-likeness (QED) is 0.779. The monoisotopic (exact) mass is 350 g/mol. The van der Waals surface area contributed by atoms with Crippen LogP contribution in [0, 0.1) is 0 Å². The number of rotatable bonds is 4. The van der Waals surface area contributed by atoms with E-state index in [0.29, 0.717) is 17.2 Å². The maximum atomic E-state index is 5.53. The Bertz CT molecular complexity index is 908. The summed E-state index contributed by atoms with van der Waals surface area (Å²) >= 11 is 0. The van der Waals surface area contributed by atoms with Gasteiger partial charge in [-0.2, -0.15) is 0 Å². The third-order valence-electron chi connectivity index (χ3n) is 4.84. The van der Waals surface area contributed by atoms with E-state index in [-0.39, 0.29) is 6.04 Å². The van der Waals surface area contributed by atoms with Gasteiger partial charge >= 0.3 is 0 Å². The summed E-state index contributed by atoms with van der Waals surface area (Å²) in [6, 6.07) is 16.7. The molecule has 1 unspecified atom stereocenters. The Kier molecular flexibility index (Phi) is 4.31. The molecule has 3 aromatic rings. The highest BCUT2D eigenvalue weighted by atomic mass is 16.5. The zero-order valence-electron chi connectivity index (χ0n) is 15.2. The second kappa shape index (κ2) is 6.77. The van der Waals surface area contributed by atoms with Crippen molar-refractivity contribution in [2.45, 2.75) is 12.6 Å². The van der Waals surface area contributed by atoms with Crippen LogP contribution < -0.4 is 19.5 Å². The average Bonchev–Trinajstić information content (AvgIpc) is 3.11. The lowest BCUT2D eigenvalue weighted by atomic mass is 10.0. The van der Waals surface area contributed by atoms with Gasteiger partial charge in [-0.15, -0.1) is 0 Å². The number of fused-ring (bicyclic) bond motifs is 3. The van der Waals surface area contributed by atoms with Crippen LogP contribution in [-0.2, 0) is 6.54 Å². The summed E-state index contributed by atoms with van der Waals surface area (Å²) in [7, 11) is 4.89. The van der Waals surface area contributed by atoms with Gasteiger partial charge in [-0.3, -0.25) is 0 Å². The number of nitrogens with one attached hydrogen (secondary N) is 1. The van der Waals surface area contributed by atoms with E-state index in [9.17, 15) is 0 Å². The first kappa shape index (κ1) is 16.5. The molecule has 134 valence electrons. The molecular weight excluding hydrogens is 328 g/mol. The predicted molar refractivity (Wildman–Crippen MR) is 101 cm³/mol. The number of methoxy groups -OCH3 is 3. The summed E-state index contributed by atoms with van der Waals surface area (Å²) in [6.07, 6.45) is 2.10. The van der Waals surface area contributed by atoms with Crippen molar-refractivity contribution in [2.75, 3.05) is 21.3 Å². The van der Waals surface area contributed by atoms with E-state index >= 15 is 0 Å². The lowest BCUT2D eigenvalue weighted by Crippen LogP contribution is -2.21. The first-order chi connectivity index (χ1) is 12.8. The summed E-state index contributed by atoms with van der Waals surface area (Å²) < 4.78 is 18.8. The number of hydrogen-bond donors (Lipinski definition) is 1. The zero-order valence-corrected chi connectivity index (χ0v) is 15.2. The molecule has 1 aliphatic heterocycles. The van der Waals surface area contributed by atoms with Gasteiger partial charge in [-0.05, 0) is 41.5 Å². The molecule has 1 aromatic heterocycles. The van der Waals surface area contributed by atoms with Crippen LogP contribution in [0.25, 0.3) is 5.69 Å². The van der Waals surface area contributed by atoms with Crippen LogP contribution >= 0.6 is 0 Å². The Morgan fingerprint density at radius 2 is 1.65 bits per heavy atom. The lowest BCUT2D eigenvalue weighted by molar-refractivity contribution is 0.323. The number of para-hydroxylation sites is 1.